The minimum absolute atomic E-state index is 0.334. The number of benzene rings is 2. The van der Waals surface area contributed by atoms with Crippen LogP contribution in [0.1, 0.15) is 0 Å². The van der Waals surface area contributed by atoms with Crippen LogP contribution in [0.25, 0.3) is 28.5 Å². The Bertz CT molecular complexity index is 1030. The zero-order valence-electron chi connectivity index (χ0n) is 12.6. The van der Waals surface area contributed by atoms with Gasteiger partial charge >= 0.3 is 0 Å². The zero-order valence-corrected chi connectivity index (χ0v) is 13.4. The molecule has 0 aliphatic heterocycles. The summed E-state index contributed by atoms with van der Waals surface area (Å²) in [6.07, 6.45) is 0. The summed E-state index contributed by atoms with van der Waals surface area (Å²) in [5.74, 6) is 6.42. The Kier molecular flexibility index (Phi) is 3.47. The first kappa shape index (κ1) is 14.4. The molecule has 7 heteroatoms. The van der Waals surface area contributed by atoms with Gasteiger partial charge in [-0.25, -0.2) is 5.10 Å². The fourth-order valence-electron chi connectivity index (χ4n) is 2.54. The molecule has 0 spiro atoms. The molecule has 0 aliphatic carbocycles. The first-order valence-electron chi connectivity index (χ1n) is 7.38. The van der Waals surface area contributed by atoms with E-state index in [-0.39, 0.29) is 0 Å². The molecule has 2 heterocycles. The number of rotatable bonds is 3. The normalized spacial score (nSPS) is 10.8. The molecule has 0 atom stereocenters. The van der Waals surface area contributed by atoms with Crippen LogP contribution < -0.4 is 5.84 Å². The first-order chi connectivity index (χ1) is 11.7. The van der Waals surface area contributed by atoms with Gasteiger partial charge in [-0.15, -0.1) is 5.10 Å². The van der Waals surface area contributed by atoms with E-state index in [1.807, 2.05) is 66.7 Å². The van der Waals surface area contributed by atoms with E-state index < -0.39 is 0 Å². The lowest BCUT2D eigenvalue weighted by atomic mass is 10.1. The van der Waals surface area contributed by atoms with Crippen molar-refractivity contribution < 1.29 is 0 Å². The lowest BCUT2D eigenvalue weighted by Gasteiger charge is -2.05. The summed E-state index contributed by atoms with van der Waals surface area (Å²) >= 11 is 5.11. The number of aromatic amines is 1. The number of nitrogens with two attached hydrogens (primary N) is 1. The number of nitrogen functional groups attached to an aromatic ring is 1. The van der Waals surface area contributed by atoms with Gasteiger partial charge in [-0.1, -0.05) is 60.7 Å². The van der Waals surface area contributed by atoms with E-state index in [1.54, 1.807) is 4.68 Å². The van der Waals surface area contributed by atoms with Gasteiger partial charge in [0.2, 0.25) is 4.77 Å². The molecule has 0 unspecified atom stereocenters. The van der Waals surface area contributed by atoms with Crippen LogP contribution in [0.5, 0.6) is 0 Å². The van der Waals surface area contributed by atoms with Crippen molar-refractivity contribution in [3.63, 3.8) is 0 Å². The maximum atomic E-state index is 5.99. The van der Waals surface area contributed by atoms with Crippen LogP contribution in [-0.4, -0.2) is 24.7 Å². The topological polar surface area (TPSA) is 77.4 Å². The van der Waals surface area contributed by atoms with Crippen molar-refractivity contribution in [2.24, 2.45) is 0 Å². The van der Waals surface area contributed by atoms with Gasteiger partial charge < -0.3 is 5.84 Å². The monoisotopic (exact) mass is 334 g/mol. The van der Waals surface area contributed by atoms with Crippen LogP contribution in [0.3, 0.4) is 0 Å². The van der Waals surface area contributed by atoms with E-state index in [0.717, 1.165) is 22.5 Å². The van der Waals surface area contributed by atoms with Crippen molar-refractivity contribution in [2.75, 3.05) is 5.84 Å². The maximum absolute atomic E-state index is 5.99. The number of hydrogen-bond donors (Lipinski definition) is 2. The molecule has 6 nitrogen and oxygen atoms in total. The van der Waals surface area contributed by atoms with Gasteiger partial charge in [-0.05, 0) is 18.3 Å². The Balaban J connectivity index is 1.96. The lowest BCUT2D eigenvalue weighted by Crippen LogP contribution is -2.16. The van der Waals surface area contributed by atoms with Crippen molar-refractivity contribution in [1.82, 2.24) is 24.7 Å². The van der Waals surface area contributed by atoms with Crippen LogP contribution in [-0.2, 0) is 0 Å². The Morgan fingerprint density at radius 3 is 2.12 bits per heavy atom. The van der Waals surface area contributed by atoms with Gasteiger partial charge in [0.25, 0.3) is 5.95 Å². The zero-order chi connectivity index (χ0) is 16.5. The third kappa shape index (κ3) is 2.40. The van der Waals surface area contributed by atoms with Gasteiger partial charge in [-0.3, -0.25) is 0 Å². The molecule has 4 aromatic rings. The Labute approximate surface area is 143 Å². The summed E-state index contributed by atoms with van der Waals surface area (Å²) in [7, 11) is 0. The van der Waals surface area contributed by atoms with Crippen LogP contribution >= 0.6 is 12.2 Å². The predicted octanol–water partition coefficient (Wildman–Crippen LogP) is 3.17. The van der Waals surface area contributed by atoms with Crippen molar-refractivity contribution in [2.45, 2.75) is 0 Å². The van der Waals surface area contributed by atoms with Crippen molar-refractivity contribution in [3.05, 3.63) is 71.5 Å². The van der Waals surface area contributed by atoms with E-state index in [1.165, 1.54) is 4.68 Å². The van der Waals surface area contributed by atoms with Crippen molar-refractivity contribution in [1.29, 1.82) is 0 Å². The SMILES string of the molecule is Nn1c(-n2nc(-c3ccccc3)cc2-c2ccccc2)n[nH]c1=S. The highest BCUT2D eigenvalue weighted by molar-refractivity contribution is 7.71. The second-order valence-electron chi connectivity index (χ2n) is 5.26. The lowest BCUT2D eigenvalue weighted by molar-refractivity contribution is 0.777. The largest absolute Gasteiger partial charge is 0.334 e. The molecular weight excluding hydrogens is 320 g/mol. The van der Waals surface area contributed by atoms with Crippen LogP contribution in [0.15, 0.2) is 66.7 Å². The van der Waals surface area contributed by atoms with E-state index in [4.69, 9.17) is 18.1 Å². The highest BCUT2D eigenvalue weighted by Crippen LogP contribution is 2.27. The summed E-state index contributed by atoms with van der Waals surface area (Å²) in [5, 5.41) is 11.6. The van der Waals surface area contributed by atoms with Gasteiger partial charge in [-0.2, -0.15) is 14.5 Å². The van der Waals surface area contributed by atoms with Crippen molar-refractivity contribution in [3.8, 4) is 28.5 Å². The standard InChI is InChI=1S/C17H14N6S/c18-22-16(19-20-17(22)24)23-15(13-9-5-2-6-10-13)11-14(21-23)12-7-3-1-4-8-12/h1-11H,18H2,(H,20,24). The minimum Gasteiger partial charge on any atom is -0.334 e. The molecule has 2 aromatic carbocycles. The predicted molar refractivity (Wildman–Crippen MR) is 95.6 cm³/mol. The molecule has 0 amide bonds. The van der Waals surface area contributed by atoms with Crippen LogP contribution in [0.4, 0.5) is 0 Å². The van der Waals surface area contributed by atoms with Gasteiger partial charge in [0.15, 0.2) is 0 Å². The second kappa shape index (κ2) is 5.78. The van der Waals surface area contributed by atoms with Crippen molar-refractivity contribution >= 4 is 12.2 Å². The van der Waals surface area contributed by atoms with E-state index >= 15 is 0 Å². The molecule has 0 aliphatic rings. The smallest absolute Gasteiger partial charge is 0.269 e. The Morgan fingerprint density at radius 2 is 1.54 bits per heavy atom. The average Bonchev–Trinajstić information content (AvgIpc) is 3.21. The Hall–Kier alpha value is -3.19. The number of nitrogens with one attached hydrogen (secondary N) is 1. The van der Waals surface area contributed by atoms with Gasteiger partial charge in [0.1, 0.15) is 0 Å². The molecule has 0 bridgehead atoms. The maximum Gasteiger partial charge on any atom is 0.269 e. The highest BCUT2D eigenvalue weighted by atomic mass is 32.1. The number of H-pyrrole nitrogens is 1. The third-order valence-electron chi connectivity index (χ3n) is 3.72. The first-order valence-corrected chi connectivity index (χ1v) is 7.78. The van der Waals surface area contributed by atoms with E-state index in [2.05, 4.69) is 15.3 Å². The second-order valence-corrected chi connectivity index (χ2v) is 5.64. The molecule has 0 fully saturated rings. The number of aromatic nitrogens is 5. The molecule has 0 radical (unpaired) electrons. The van der Waals surface area contributed by atoms with Crippen LogP contribution in [0, 0.1) is 4.77 Å². The molecule has 118 valence electrons. The van der Waals surface area contributed by atoms with E-state index in [9.17, 15) is 0 Å². The fourth-order valence-corrected chi connectivity index (χ4v) is 2.67. The summed E-state index contributed by atoms with van der Waals surface area (Å²) in [4.78, 5) is 0. The summed E-state index contributed by atoms with van der Waals surface area (Å²) in [5.41, 5.74) is 3.76. The van der Waals surface area contributed by atoms with Gasteiger partial charge in [0, 0.05) is 11.1 Å². The Morgan fingerprint density at radius 1 is 0.917 bits per heavy atom. The highest BCUT2D eigenvalue weighted by Gasteiger charge is 2.16. The molecule has 0 saturated heterocycles. The average molecular weight is 334 g/mol. The third-order valence-corrected chi connectivity index (χ3v) is 4.01. The molecule has 3 N–H and O–H groups in total. The number of hydrogen-bond acceptors (Lipinski definition) is 4. The molecule has 0 saturated carbocycles. The minimum atomic E-state index is 0.334. The summed E-state index contributed by atoms with van der Waals surface area (Å²) < 4.78 is 3.34. The molecule has 24 heavy (non-hydrogen) atoms. The van der Waals surface area contributed by atoms with E-state index in [0.29, 0.717) is 10.7 Å². The summed E-state index contributed by atoms with van der Waals surface area (Å²) in [6.45, 7) is 0. The van der Waals surface area contributed by atoms with Gasteiger partial charge in [0.05, 0.1) is 11.4 Å². The summed E-state index contributed by atoms with van der Waals surface area (Å²) in [6, 6.07) is 22.0. The fraction of sp³-hybridized carbons (Fsp3) is 0. The molecular formula is C17H14N6S. The molecule has 2 aromatic heterocycles. The number of nitrogens with zero attached hydrogens (tertiary/aromatic N) is 4. The van der Waals surface area contributed by atoms with Crippen LogP contribution in [0.2, 0.25) is 0 Å². The molecule has 4 rings (SSSR count). The quantitative estimate of drug-likeness (QED) is 0.446.